The van der Waals surface area contributed by atoms with Gasteiger partial charge in [-0.2, -0.15) is 0 Å². The summed E-state index contributed by atoms with van der Waals surface area (Å²) in [5, 5.41) is 3.15. The molecule has 168 valence electrons. The Hall–Kier alpha value is -3.31. The fraction of sp³-hybridized carbons (Fsp3) is 0.250. The van der Waals surface area contributed by atoms with Crippen LogP contribution in [0, 0.1) is 6.92 Å². The molecule has 0 bridgehead atoms. The lowest BCUT2D eigenvalue weighted by molar-refractivity contribution is 0.302. The zero-order valence-corrected chi connectivity index (χ0v) is 19.7. The van der Waals surface area contributed by atoms with Gasteiger partial charge in [-0.15, -0.1) is 11.3 Å². The van der Waals surface area contributed by atoms with Gasteiger partial charge < -0.3 is 9.57 Å². The molecular weight excluding hydrogens is 428 g/mol. The van der Waals surface area contributed by atoms with E-state index in [0.717, 1.165) is 59.0 Å². The SMILES string of the molecule is Cc1cc2c(c(NOc3ccc(OCc4ccccc4)c(CCc4nccs4)c3)c1)CCC2. The summed E-state index contributed by atoms with van der Waals surface area (Å²) in [5.41, 5.74) is 10.7. The number of benzene rings is 3. The summed E-state index contributed by atoms with van der Waals surface area (Å²) in [6.45, 7) is 2.68. The van der Waals surface area contributed by atoms with Gasteiger partial charge >= 0.3 is 0 Å². The first-order valence-electron chi connectivity index (χ1n) is 11.5. The van der Waals surface area contributed by atoms with Gasteiger partial charge in [-0.05, 0) is 84.7 Å². The van der Waals surface area contributed by atoms with Crippen LogP contribution in [0.15, 0.2) is 72.2 Å². The number of ether oxygens (including phenoxy) is 1. The van der Waals surface area contributed by atoms with E-state index in [9.17, 15) is 0 Å². The van der Waals surface area contributed by atoms with Crippen molar-refractivity contribution >= 4 is 17.0 Å². The highest BCUT2D eigenvalue weighted by molar-refractivity contribution is 7.09. The maximum absolute atomic E-state index is 6.19. The van der Waals surface area contributed by atoms with Crippen molar-refractivity contribution in [3.05, 3.63) is 105 Å². The van der Waals surface area contributed by atoms with Gasteiger partial charge in [0.1, 0.15) is 12.4 Å². The Balaban J connectivity index is 1.32. The molecule has 0 saturated heterocycles. The van der Waals surface area contributed by atoms with Crippen LogP contribution in [0.5, 0.6) is 11.5 Å². The summed E-state index contributed by atoms with van der Waals surface area (Å²) in [6, 6.07) is 20.8. The molecule has 1 N–H and O–H groups in total. The molecule has 1 aromatic heterocycles. The number of nitrogens with one attached hydrogen (secondary N) is 1. The fourth-order valence-corrected chi connectivity index (χ4v) is 5.00. The quantitative estimate of drug-likeness (QED) is 0.284. The maximum Gasteiger partial charge on any atom is 0.155 e. The summed E-state index contributed by atoms with van der Waals surface area (Å²) in [6.07, 6.45) is 7.04. The van der Waals surface area contributed by atoms with Crippen molar-refractivity contribution in [2.45, 2.75) is 45.6 Å². The van der Waals surface area contributed by atoms with Crippen molar-refractivity contribution in [2.24, 2.45) is 0 Å². The number of thiazole rings is 1. The zero-order chi connectivity index (χ0) is 22.5. The Labute approximate surface area is 199 Å². The smallest absolute Gasteiger partial charge is 0.155 e. The first-order valence-corrected chi connectivity index (χ1v) is 12.4. The van der Waals surface area contributed by atoms with Gasteiger partial charge in [0.2, 0.25) is 0 Å². The van der Waals surface area contributed by atoms with Crippen LogP contribution in [0.2, 0.25) is 0 Å². The Morgan fingerprint density at radius 3 is 2.76 bits per heavy atom. The minimum Gasteiger partial charge on any atom is -0.489 e. The molecule has 0 unspecified atom stereocenters. The Morgan fingerprint density at radius 2 is 1.91 bits per heavy atom. The van der Waals surface area contributed by atoms with Gasteiger partial charge in [0.05, 0.1) is 10.7 Å². The summed E-state index contributed by atoms with van der Waals surface area (Å²) in [7, 11) is 0. The van der Waals surface area contributed by atoms with E-state index in [1.54, 1.807) is 11.3 Å². The molecule has 0 atom stereocenters. The number of aryl methyl sites for hydroxylation is 4. The van der Waals surface area contributed by atoms with E-state index in [-0.39, 0.29) is 0 Å². The second-order valence-corrected chi connectivity index (χ2v) is 9.46. The molecule has 3 aromatic carbocycles. The maximum atomic E-state index is 6.19. The summed E-state index contributed by atoms with van der Waals surface area (Å²) in [4.78, 5) is 10.5. The number of hydrogen-bond acceptors (Lipinski definition) is 5. The third kappa shape index (κ3) is 5.37. The molecular formula is C28H28N2O2S. The second kappa shape index (κ2) is 10.1. The fourth-order valence-electron chi connectivity index (χ4n) is 4.38. The van der Waals surface area contributed by atoms with Crippen LogP contribution in [0.1, 0.15) is 39.2 Å². The predicted octanol–water partition coefficient (Wildman–Crippen LogP) is 6.71. The van der Waals surface area contributed by atoms with Gasteiger partial charge in [0, 0.05) is 18.0 Å². The van der Waals surface area contributed by atoms with Crippen molar-refractivity contribution in [3.8, 4) is 11.5 Å². The molecule has 33 heavy (non-hydrogen) atoms. The predicted molar refractivity (Wildman–Crippen MR) is 134 cm³/mol. The zero-order valence-electron chi connectivity index (χ0n) is 18.8. The largest absolute Gasteiger partial charge is 0.489 e. The number of nitrogens with zero attached hydrogens (tertiary/aromatic N) is 1. The normalized spacial score (nSPS) is 12.4. The molecule has 0 saturated carbocycles. The van der Waals surface area contributed by atoms with E-state index in [0.29, 0.717) is 6.61 Å². The van der Waals surface area contributed by atoms with E-state index in [1.807, 2.05) is 41.9 Å². The number of anilines is 1. The lowest BCUT2D eigenvalue weighted by atomic mass is 10.1. The minimum atomic E-state index is 0.541. The monoisotopic (exact) mass is 456 g/mol. The van der Waals surface area contributed by atoms with Gasteiger partial charge in [-0.3, -0.25) is 0 Å². The molecule has 0 aliphatic heterocycles. The lowest BCUT2D eigenvalue weighted by Gasteiger charge is -2.16. The molecule has 4 aromatic rings. The first-order chi connectivity index (χ1) is 16.2. The molecule has 1 aliphatic rings. The van der Waals surface area contributed by atoms with Crippen molar-refractivity contribution in [3.63, 3.8) is 0 Å². The van der Waals surface area contributed by atoms with Crippen LogP contribution in [0.4, 0.5) is 5.69 Å². The summed E-state index contributed by atoms with van der Waals surface area (Å²) < 4.78 is 6.19. The molecule has 0 radical (unpaired) electrons. The number of hydrogen-bond donors (Lipinski definition) is 1. The molecule has 0 amide bonds. The highest BCUT2D eigenvalue weighted by Crippen LogP contribution is 2.32. The van der Waals surface area contributed by atoms with Gasteiger partial charge in [0.15, 0.2) is 5.75 Å². The van der Waals surface area contributed by atoms with E-state index in [2.05, 4.69) is 47.7 Å². The average molecular weight is 457 g/mol. The molecule has 5 heteroatoms. The number of fused-ring (bicyclic) bond motifs is 1. The van der Waals surface area contributed by atoms with E-state index in [4.69, 9.17) is 9.57 Å². The molecule has 0 spiro atoms. The first kappa shape index (κ1) is 21.5. The highest BCUT2D eigenvalue weighted by Gasteiger charge is 2.16. The highest BCUT2D eigenvalue weighted by atomic mass is 32.1. The minimum absolute atomic E-state index is 0.541. The van der Waals surface area contributed by atoms with Crippen LogP contribution < -0.4 is 15.1 Å². The molecule has 5 rings (SSSR count). The van der Waals surface area contributed by atoms with Crippen LogP contribution >= 0.6 is 11.3 Å². The van der Waals surface area contributed by atoms with Gasteiger partial charge in [-0.25, -0.2) is 10.5 Å². The summed E-state index contributed by atoms with van der Waals surface area (Å²) in [5.74, 6) is 1.67. The average Bonchev–Trinajstić information content (AvgIpc) is 3.53. The van der Waals surface area contributed by atoms with Crippen LogP contribution in [0.3, 0.4) is 0 Å². The third-order valence-corrected chi connectivity index (χ3v) is 6.84. The Bertz CT molecular complexity index is 1210. The molecule has 1 aliphatic carbocycles. The number of rotatable bonds is 9. The van der Waals surface area contributed by atoms with Crippen molar-refractivity contribution in [2.75, 3.05) is 5.48 Å². The molecule has 0 fully saturated rings. The standard InChI is InChI=1S/C28H28N2O2S/c1-20-16-22-8-5-9-25(22)26(17-20)30-32-24-11-12-27(31-19-21-6-3-2-4-7-21)23(18-24)10-13-28-29-14-15-33-28/h2-4,6-7,11-12,14-18,30H,5,8-10,13,19H2,1H3. The van der Waals surface area contributed by atoms with Gasteiger partial charge in [-0.1, -0.05) is 36.4 Å². The third-order valence-electron chi connectivity index (χ3n) is 6.00. The van der Waals surface area contributed by atoms with Crippen LogP contribution in [0.25, 0.3) is 0 Å². The van der Waals surface area contributed by atoms with E-state index >= 15 is 0 Å². The van der Waals surface area contributed by atoms with Crippen molar-refractivity contribution in [1.82, 2.24) is 4.98 Å². The summed E-state index contributed by atoms with van der Waals surface area (Å²) >= 11 is 1.69. The Morgan fingerprint density at radius 1 is 1.00 bits per heavy atom. The van der Waals surface area contributed by atoms with Crippen LogP contribution in [-0.2, 0) is 32.3 Å². The second-order valence-electron chi connectivity index (χ2n) is 8.48. The van der Waals surface area contributed by atoms with Crippen molar-refractivity contribution < 1.29 is 9.57 Å². The number of aromatic nitrogens is 1. The Kier molecular flexibility index (Phi) is 6.58. The van der Waals surface area contributed by atoms with Crippen molar-refractivity contribution in [1.29, 1.82) is 0 Å². The molecule has 1 heterocycles. The molecule has 4 nitrogen and oxygen atoms in total. The van der Waals surface area contributed by atoms with E-state index in [1.165, 1.54) is 23.1 Å². The van der Waals surface area contributed by atoms with E-state index < -0.39 is 0 Å². The topological polar surface area (TPSA) is 43.4 Å². The van der Waals surface area contributed by atoms with Crippen LogP contribution in [-0.4, -0.2) is 4.98 Å². The van der Waals surface area contributed by atoms with Gasteiger partial charge in [0.25, 0.3) is 0 Å². The lowest BCUT2D eigenvalue weighted by Crippen LogP contribution is -2.08.